The Bertz CT molecular complexity index is 304. The highest BCUT2D eigenvalue weighted by molar-refractivity contribution is 7.56. The third-order valence-electron chi connectivity index (χ3n) is 2.53. The third-order valence-corrected chi connectivity index (χ3v) is 5.50. The average molecular weight is 237 g/mol. The lowest BCUT2D eigenvalue weighted by atomic mass is 10.2. The summed E-state index contributed by atoms with van der Waals surface area (Å²) >= 11 is 0. The molecule has 0 radical (unpaired) electrons. The van der Waals surface area contributed by atoms with E-state index in [4.69, 9.17) is 0 Å². The van der Waals surface area contributed by atoms with E-state index in [0.29, 0.717) is 5.69 Å². The molecule has 1 aromatic carbocycles. The van der Waals surface area contributed by atoms with Crippen LogP contribution in [0, 0.1) is 4.91 Å². The van der Waals surface area contributed by atoms with E-state index in [0.717, 1.165) is 0 Å². The van der Waals surface area contributed by atoms with Gasteiger partial charge in [-0.25, -0.2) is 0 Å². The zero-order valence-electron chi connectivity index (χ0n) is 10.1. The topological polar surface area (TPSA) is 29.4 Å². The second kappa shape index (κ2) is 7.51. The van der Waals surface area contributed by atoms with Crippen LogP contribution in [0.4, 0.5) is 5.69 Å². The minimum Gasteiger partial charge on any atom is -0.145 e. The van der Waals surface area contributed by atoms with E-state index in [1.54, 1.807) is 0 Å². The maximum atomic E-state index is 10.3. The quantitative estimate of drug-likeness (QED) is 0.490. The maximum absolute atomic E-state index is 10.3. The molecule has 0 aliphatic carbocycles. The van der Waals surface area contributed by atoms with E-state index in [1.165, 1.54) is 36.9 Å². The molecule has 0 amide bonds. The summed E-state index contributed by atoms with van der Waals surface area (Å²) in [6.45, 7) is 4.51. The van der Waals surface area contributed by atoms with Crippen molar-refractivity contribution in [2.24, 2.45) is 5.18 Å². The zero-order valence-corrected chi connectivity index (χ0v) is 11.0. The van der Waals surface area contributed by atoms with Gasteiger partial charge in [0.25, 0.3) is 0 Å². The summed E-state index contributed by atoms with van der Waals surface area (Å²) in [5.41, 5.74) is 1.87. The highest BCUT2D eigenvalue weighted by Crippen LogP contribution is 2.40. The van der Waals surface area contributed by atoms with Crippen LogP contribution in [0.15, 0.2) is 29.4 Å². The first-order valence-corrected chi connectivity index (χ1v) is 7.84. The van der Waals surface area contributed by atoms with Gasteiger partial charge in [0.15, 0.2) is 0 Å². The van der Waals surface area contributed by atoms with Crippen molar-refractivity contribution in [3.63, 3.8) is 0 Å². The van der Waals surface area contributed by atoms with Gasteiger partial charge in [-0.05, 0) is 41.4 Å². The molecule has 0 aromatic heterocycles. The average Bonchev–Trinajstić information content (AvgIpc) is 2.31. The van der Waals surface area contributed by atoms with Crippen molar-refractivity contribution in [3.05, 3.63) is 34.7 Å². The second-order valence-electron chi connectivity index (χ2n) is 4.03. The number of benzene rings is 1. The Morgan fingerprint density at radius 2 is 1.62 bits per heavy atom. The van der Waals surface area contributed by atoms with E-state index in [1.807, 2.05) is 24.3 Å². The molecule has 16 heavy (non-hydrogen) atoms. The molecule has 88 valence electrons. The second-order valence-corrected chi connectivity index (χ2v) is 6.59. The van der Waals surface area contributed by atoms with Gasteiger partial charge >= 0.3 is 0 Å². The molecule has 2 nitrogen and oxygen atoms in total. The molecule has 0 atom stereocenters. The molecule has 0 heterocycles. The molecule has 1 rings (SSSR count). The highest BCUT2D eigenvalue weighted by atomic mass is 31.1. The Labute approximate surface area is 99.2 Å². The van der Waals surface area contributed by atoms with Gasteiger partial charge in [0.1, 0.15) is 5.69 Å². The summed E-state index contributed by atoms with van der Waals surface area (Å²) in [6, 6.07) is 7.70. The highest BCUT2D eigenvalue weighted by Gasteiger charge is 2.06. The van der Waals surface area contributed by atoms with Crippen LogP contribution in [0.2, 0.25) is 0 Å². The molecule has 0 N–H and O–H groups in total. The van der Waals surface area contributed by atoms with E-state index in [2.05, 4.69) is 19.0 Å². The van der Waals surface area contributed by atoms with Crippen LogP contribution in [0.5, 0.6) is 0 Å². The fourth-order valence-electron chi connectivity index (χ4n) is 1.82. The maximum Gasteiger partial charge on any atom is 0.108 e. The fourth-order valence-corrected chi connectivity index (χ4v) is 4.35. The van der Waals surface area contributed by atoms with Crippen molar-refractivity contribution < 1.29 is 0 Å². The van der Waals surface area contributed by atoms with Gasteiger partial charge in [-0.3, -0.25) is 0 Å². The van der Waals surface area contributed by atoms with Crippen LogP contribution in [0.25, 0.3) is 0 Å². The number of hydrogen-bond acceptors (Lipinski definition) is 2. The molecule has 0 unspecified atom stereocenters. The molecular weight excluding hydrogens is 217 g/mol. The van der Waals surface area contributed by atoms with Crippen LogP contribution in [-0.4, -0.2) is 12.3 Å². The Balaban J connectivity index is 2.58. The first-order chi connectivity index (χ1) is 7.80. The minimum absolute atomic E-state index is 0.140. The Morgan fingerprint density at radius 1 is 1.06 bits per heavy atom. The molecule has 1 aromatic rings. The lowest BCUT2D eigenvalue weighted by Gasteiger charge is -2.16. The summed E-state index contributed by atoms with van der Waals surface area (Å²) in [7, 11) is 0.140. The van der Waals surface area contributed by atoms with Crippen molar-refractivity contribution in [2.45, 2.75) is 32.9 Å². The van der Waals surface area contributed by atoms with Gasteiger partial charge in [0.2, 0.25) is 0 Å². The summed E-state index contributed by atoms with van der Waals surface area (Å²) < 4.78 is 0. The van der Waals surface area contributed by atoms with Crippen LogP contribution >= 0.6 is 7.92 Å². The van der Waals surface area contributed by atoms with Crippen LogP contribution in [0.1, 0.15) is 32.3 Å². The summed E-state index contributed by atoms with van der Waals surface area (Å²) in [5, 5.41) is 2.92. The molecule has 0 bridgehead atoms. The summed E-state index contributed by atoms with van der Waals surface area (Å²) in [6.07, 6.45) is 6.46. The number of rotatable bonds is 7. The normalized spacial score (nSPS) is 10.7. The standard InChI is InChI=1S/C13H20NOP/c1-3-9-16(10-4-2)11-12-5-7-13(14-15)8-6-12/h5-8H,3-4,9-11H2,1-2H3. The van der Waals surface area contributed by atoms with Crippen molar-refractivity contribution in [3.8, 4) is 0 Å². The lowest BCUT2D eigenvalue weighted by molar-refractivity contribution is 1.04. The first kappa shape index (κ1) is 13.3. The van der Waals surface area contributed by atoms with Gasteiger partial charge in [0.05, 0.1) is 0 Å². The minimum atomic E-state index is 0.140. The number of nitrogens with zero attached hydrogens (tertiary/aromatic N) is 1. The summed E-state index contributed by atoms with van der Waals surface area (Å²) in [5.74, 6) is 0. The van der Waals surface area contributed by atoms with Gasteiger partial charge < -0.3 is 0 Å². The first-order valence-electron chi connectivity index (χ1n) is 5.94. The van der Waals surface area contributed by atoms with Gasteiger partial charge in [-0.15, -0.1) is 12.8 Å². The lowest BCUT2D eigenvalue weighted by Crippen LogP contribution is -1.92. The molecular formula is C13H20NOP. The van der Waals surface area contributed by atoms with Crippen molar-refractivity contribution >= 4 is 13.6 Å². The number of hydrogen-bond donors (Lipinski definition) is 0. The number of nitroso groups, excluding NO2 is 1. The van der Waals surface area contributed by atoms with E-state index in [-0.39, 0.29) is 7.92 Å². The van der Waals surface area contributed by atoms with Gasteiger partial charge in [-0.2, -0.15) is 0 Å². The van der Waals surface area contributed by atoms with E-state index >= 15 is 0 Å². The Hall–Kier alpha value is -0.750. The van der Waals surface area contributed by atoms with Gasteiger partial charge in [0, 0.05) is 0 Å². The largest absolute Gasteiger partial charge is 0.145 e. The molecule has 0 aliphatic rings. The summed E-state index contributed by atoms with van der Waals surface area (Å²) in [4.78, 5) is 10.3. The molecule has 0 aliphatic heterocycles. The predicted molar refractivity (Wildman–Crippen MR) is 72.8 cm³/mol. The Kier molecular flexibility index (Phi) is 6.25. The third kappa shape index (κ3) is 4.40. The van der Waals surface area contributed by atoms with E-state index < -0.39 is 0 Å². The van der Waals surface area contributed by atoms with Crippen LogP contribution in [0.3, 0.4) is 0 Å². The van der Waals surface area contributed by atoms with Crippen molar-refractivity contribution in [1.82, 2.24) is 0 Å². The molecule has 0 saturated carbocycles. The van der Waals surface area contributed by atoms with Crippen molar-refractivity contribution in [1.29, 1.82) is 0 Å². The SMILES string of the molecule is CCCP(CCC)Cc1ccc(N=O)cc1. The van der Waals surface area contributed by atoms with Gasteiger partial charge in [-0.1, -0.05) is 38.8 Å². The molecule has 0 saturated heterocycles. The predicted octanol–water partition coefficient (Wildman–Crippen LogP) is 4.89. The van der Waals surface area contributed by atoms with Crippen molar-refractivity contribution in [2.75, 3.05) is 12.3 Å². The van der Waals surface area contributed by atoms with E-state index in [9.17, 15) is 4.91 Å². The molecule has 3 heteroatoms. The van der Waals surface area contributed by atoms with Crippen LogP contribution < -0.4 is 0 Å². The van der Waals surface area contributed by atoms with Crippen LogP contribution in [-0.2, 0) is 6.16 Å². The molecule has 0 fully saturated rings. The zero-order chi connectivity index (χ0) is 11.8. The smallest absolute Gasteiger partial charge is 0.108 e. The molecule has 0 spiro atoms. The monoisotopic (exact) mass is 237 g/mol. The fraction of sp³-hybridized carbons (Fsp3) is 0.538. The Morgan fingerprint density at radius 3 is 2.06 bits per heavy atom.